The molecular formula is C12H18N2O4S. The number of hydrogen-bond acceptors (Lipinski definition) is 6. The van der Waals surface area contributed by atoms with Gasteiger partial charge in [0.15, 0.2) is 21.3 Å². The molecule has 0 atom stereocenters. The average Bonchev–Trinajstić information content (AvgIpc) is 2.33. The molecule has 2 heterocycles. The number of sulfone groups is 1. The second-order valence-corrected chi connectivity index (χ2v) is 6.68. The van der Waals surface area contributed by atoms with Crippen molar-refractivity contribution in [2.45, 2.75) is 5.75 Å². The summed E-state index contributed by atoms with van der Waals surface area (Å²) in [7, 11) is -0.203. The summed E-state index contributed by atoms with van der Waals surface area (Å²) >= 11 is 0. The lowest BCUT2D eigenvalue weighted by Gasteiger charge is -2.26. The summed E-state index contributed by atoms with van der Waals surface area (Å²) in [5, 5.41) is 3.06. The van der Waals surface area contributed by atoms with Crippen LogP contribution in [0.2, 0.25) is 0 Å². The number of rotatable bonds is 6. The third-order valence-corrected chi connectivity index (χ3v) is 4.77. The molecule has 0 radical (unpaired) electrons. The molecule has 7 heteroatoms. The quantitative estimate of drug-likeness (QED) is 0.807. The van der Waals surface area contributed by atoms with Crippen molar-refractivity contribution in [1.82, 2.24) is 10.3 Å². The van der Waals surface area contributed by atoms with Gasteiger partial charge in [-0.15, -0.1) is 0 Å². The zero-order valence-corrected chi connectivity index (χ0v) is 11.9. The van der Waals surface area contributed by atoms with Gasteiger partial charge in [-0.25, -0.2) is 8.42 Å². The number of ether oxygens (including phenoxy) is 2. The van der Waals surface area contributed by atoms with Gasteiger partial charge < -0.3 is 14.8 Å². The van der Waals surface area contributed by atoms with Gasteiger partial charge in [0.25, 0.3) is 0 Å². The summed E-state index contributed by atoms with van der Waals surface area (Å²) in [5.74, 6) is 1.15. The van der Waals surface area contributed by atoms with Crippen LogP contribution < -0.4 is 14.8 Å². The maximum atomic E-state index is 12.1. The minimum atomic E-state index is -3.19. The molecule has 6 nitrogen and oxygen atoms in total. The van der Waals surface area contributed by atoms with Gasteiger partial charge in [-0.2, -0.15) is 0 Å². The number of pyridine rings is 1. The molecular weight excluding hydrogens is 268 g/mol. The zero-order chi connectivity index (χ0) is 13.9. The Balaban J connectivity index is 2.17. The predicted octanol–water partition coefficient (Wildman–Crippen LogP) is 0.233. The molecule has 0 aromatic carbocycles. The zero-order valence-electron chi connectivity index (χ0n) is 11.0. The van der Waals surface area contributed by atoms with Crippen molar-refractivity contribution < 1.29 is 17.9 Å². The summed E-state index contributed by atoms with van der Waals surface area (Å²) < 4.78 is 34.5. The monoisotopic (exact) mass is 286 g/mol. The molecule has 1 aromatic rings. The smallest absolute Gasteiger partial charge is 0.183 e. The van der Waals surface area contributed by atoms with Crippen molar-refractivity contribution in [3.8, 4) is 11.5 Å². The number of hydrogen-bond donors (Lipinski definition) is 1. The van der Waals surface area contributed by atoms with E-state index in [-0.39, 0.29) is 17.4 Å². The van der Waals surface area contributed by atoms with Crippen LogP contribution >= 0.6 is 0 Å². The largest absolute Gasteiger partial charge is 0.493 e. The van der Waals surface area contributed by atoms with Gasteiger partial charge in [-0.1, -0.05) is 0 Å². The van der Waals surface area contributed by atoms with Crippen LogP contribution in [0.4, 0.5) is 0 Å². The SMILES string of the molecule is COc1ccnc(CS(=O)(=O)CC2CNC2)c1OC. The van der Waals surface area contributed by atoms with Crippen molar-refractivity contribution >= 4 is 9.84 Å². The van der Waals surface area contributed by atoms with Gasteiger partial charge in [-0.3, -0.25) is 4.98 Å². The molecule has 1 aromatic heterocycles. The Morgan fingerprint density at radius 2 is 2.11 bits per heavy atom. The van der Waals surface area contributed by atoms with Gasteiger partial charge in [0, 0.05) is 25.4 Å². The molecule has 1 aliphatic rings. The molecule has 0 spiro atoms. The summed E-state index contributed by atoms with van der Waals surface area (Å²) in [6, 6.07) is 1.64. The highest BCUT2D eigenvalue weighted by molar-refractivity contribution is 7.90. The fourth-order valence-corrected chi connectivity index (χ4v) is 3.74. The van der Waals surface area contributed by atoms with E-state index in [0.29, 0.717) is 17.2 Å². The normalized spacial score (nSPS) is 15.9. The van der Waals surface area contributed by atoms with E-state index in [0.717, 1.165) is 13.1 Å². The Hall–Kier alpha value is -1.34. The van der Waals surface area contributed by atoms with Crippen LogP contribution in [0.15, 0.2) is 12.3 Å². The molecule has 2 rings (SSSR count). The predicted molar refractivity (Wildman–Crippen MR) is 71.2 cm³/mol. The molecule has 1 saturated heterocycles. The van der Waals surface area contributed by atoms with Gasteiger partial charge >= 0.3 is 0 Å². The first-order valence-corrected chi connectivity index (χ1v) is 7.85. The van der Waals surface area contributed by atoms with E-state index < -0.39 is 9.84 Å². The standard InChI is InChI=1S/C12H18N2O4S/c1-17-11-3-4-14-10(12(11)18-2)8-19(15,16)7-9-5-13-6-9/h3-4,9,13H,5-8H2,1-2H3. The van der Waals surface area contributed by atoms with Crippen molar-refractivity contribution in [3.63, 3.8) is 0 Å². The first-order chi connectivity index (χ1) is 9.05. The molecule has 0 aliphatic carbocycles. The van der Waals surface area contributed by atoms with Crippen molar-refractivity contribution in [2.24, 2.45) is 5.92 Å². The Morgan fingerprint density at radius 1 is 1.37 bits per heavy atom. The van der Waals surface area contributed by atoms with Crippen molar-refractivity contribution in [3.05, 3.63) is 18.0 Å². The Labute approximate surface area is 113 Å². The van der Waals surface area contributed by atoms with E-state index in [1.807, 2.05) is 0 Å². The van der Waals surface area contributed by atoms with E-state index in [4.69, 9.17) is 9.47 Å². The number of nitrogens with zero attached hydrogens (tertiary/aromatic N) is 1. The molecule has 0 unspecified atom stereocenters. The van der Waals surface area contributed by atoms with Crippen molar-refractivity contribution in [2.75, 3.05) is 33.1 Å². The third-order valence-electron chi connectivity index (χ3n) is 3.08. The van der Waals surface area contributed by atoms with E-state index >= 15 is 0 Å². The minimum absolute atomic E-state index is 0.121. The lowest BCUT2D eigenvalue weighted by atomic mass is 10.1. The molecule has 0 saturated carbocycles. The summed E-state index contributed by atoms with van der Waals surface area (Å²) in [4.78, 5) is 4.09. The first kappa shape index (κ1) is 14.1. The lowest BCUT2D eigenvalue weighted by molar-refractivity contribution is 0.350. The maximum absolute atomic E-state index is 12.1. The van der Waals surface area contributed by atoms with Crippen LogP contribution in [0.3, 0.4) is 0 Å². The summed E-state index contributed by atoms with van der Waals surface area (Å²) in [5.41, 5.74) is 0.397. The minimum Gasteiger partial charge on any atom is -0.493 e. The fraction of sp³-hybridized carbons (Fsp3) is 0.583. The van der Waals surface area contributed by atoms with Crippen LogP contribution in [0.1, 0.15) is 5.69 Å². The van der Waals surface area contributed by atoms with E-state index in [1.165, 1.54) is 20.4 Å². The van der Waals surface area contributed by atoms with E-state index in [2.05, 4.69) is 10.3 Å². The Bertz CT molecular complexity index is 541. The second-order valence-electron chi connectivity index (χ2n) is 4.57. The molecule has 0 bridgehead atoms. The van der Waals surface area contributed by atoms with Crippen LogP contribution in [-0.4, -0.2) is 46.5 Å². The van der Waals surface area contributed by atoms with E-state index in [1.54, 1.807) is 6.07 Å². The second kappa shape index (κ2) is 5.75. The highest BCUT2D eigenvalue weighted by atomic mass is 32.2. The number of aromatic nitrogens is 1. The van der Waals surface area contributed by atoms with Gasteiger partial charge in [0.05, 0.1) is 25.7 Å². The molecule has 106 valence electrons. The number of methoxy groups -OCH3 is 2. The fourth-order valence-electron chi connectivity index (χ4n) is 2.05. The molecule has 19 heavy (non-hydrogen) atoms. The van der Waals surface area contributed by atoms with Gasteiger partial charge in [-0.05, 0) is 5.92 Å². The number of nitrogens with one attached hydrogen (secondary N) is 1. The maximum Gasteiger partial charge on any atom is 0.183 e. The van der Waals surface area contributed by atoms with Gasteiger partial charge in [0.2, 0.25) is 0 Å². The van der Waals surface area contributed by atoms with Crippen LogP contribution in [0.5, 0.6) is 11.5 Å². The van der Waals surface area contributed by atoms with Crippen LogP contribution in [-0.2, 0) is 15.6 Å². The van der Waals surface area contributed by atoms with E-state index in [9.17, 15) is 8.42 Å². The summed E-state index contributed by atoms with van der Waals surface area (Å²) in [6.45, 7) is 1.53. The van der Waals surface area contributed by atoms with Gasteiger partial charge in [0.1, 0.15) is 5.69 Å². The third kappa shape index (κ3) is 3.36. The van der Waals surface area contributed by atoms with Crippen LogP contribution in [0.25, 0.3) is 0 Å². The summed E-state index contributed by atoms with van der Waals surface area (Å²) in [6.07, 6.45) is 1.52. The Morgan fingerprint density at radius 3 is 2.63 bits per heavy atom. The molecule has 0 amide bonds. The molecule has 1 aliphatic heterocycles. The molecule has 1 fully saturated rings. The van der Waals surface area contributed by atoms with Crippen LogP contribution in [0, 0.1) is 5.92 Å². The molecule has 1 N–H and O–H groups in total. The lowest BCUT2D eigenvalue weighted by Crippen LogP contribution is -2.45. The topological polar surface area (TPSA) is 77.5 Å². The highest BCUT2D eigenvalue weighted by Crippen LogP contribution is 2.30. The first-order valence-electron chi connectivity index (χ1n) is 6.02. The average molecular weight is 286 g/mol. The highest BCUT2D eigenvalue weighted by Gasteiger charge is 2.26. The Kier molecular flexibility index (Phi) is 4.26. The van der Waals surface area contributed by atoms with Crippen molar-refractivity contribution in [1.29, 1.82) is 0 Å².